The highest BCUT2D eigenvalue weighted by molar-refractivity contribution is 5.60. The highest BCUT2D eigenvalue weighted by Gasteiger charge is 2.31. The average Bonchev–Trinajstić information content (AvgIpc) is 2.44. The number of nitrogens with two attached hydrogens (primary N) is 1. The lowest BCUT2D eigenvalue weighted by Gasteiger charge is -2.33. The second-order valence-corrected chi connectivity index (χ2v) is 6.04. The first-order chi connectivity index (χ1) is 10.0. The molecule has 114 valence electrons. The summed E-state index contributed by atoms with van der Waals surface area (Å²) >= 11 is 0. The molecule has 3 N–H and O–H groups in total. The van der Waals surface area contributed by atoms with Gasteiger partial charge in [-0.2, -0.15) is 5.26 Å². The molecule has 1 aliphatic heterocycles. The predicted octanol–water partition coefficient (Wildman–Crippen LogP) is 2.13. The quantitative estimate of drug-likeness (QED) is 0.867. The fourth-order valence-corrected chi connectivity index (χ4v) is 2.72. The lowest BCUT2D eigenvalue weighted by atomic mass is 9.87. The molecule has 0 saturated heterocycles. The van der Waals surface area contributed by atoms with Gasteiger partial charge in [-0.25, -0.2) is 4.98 Å². The van der Waals surface area contributed by atoms with Crippen LogP contribution in [0.2, 0.25) is 0 Å². The molecule has 0 saturated carbocycles. The monoisotopic (exact) mass is 288 g/mol. The Morgan fingerprint density at radius 1 is 1.43 bits per heavy atom. The van der Waals surface area contributed by atoms with Crippen molar-refractivity contribution in [2.75, 3.05) is 18.4 Å². The van der Waals surface area contributed by atoms with Crippen molar-refractivity contribution in [3.05, 3.63) is 22.4 Å². The van der Waals surface area contributed by atoms with Gasteiger partial charge in [-0.15, -0.1) is 0 Å². The molecular formula is C16H24N4O. The van der Waals surface area contributed by atoms with Gasteiger partial charge in [0.2, 0.25) is 0 Å². The molecule has 1 aliphatic rings. The van der Waals surface area contributed by atoms with Crippen LogP contribution in [-0.2, 0) is 24.2 Å². The van der Waals surface area contributed by atoms with E-state index in [4.69, 9.17) is 10.5 Å². The van der Waals surface area contributed by atoms with Gasteiger partial charge in [0, 0.05) is 30.8 Å². The minimum Gasteiger partial charge on any atom is -0.370 e. The Morgan fingerprint density at radius 3 is 2.81 bits per heavy atom. The highest BCUT2D eigenvalue weighted by atomic mass is 16.5. The lowest BCUT2D eigenvalue weighted by molar-refractivity contribution is -0.0407. The first-order valence-corrected chi connectivity index (χ1v) is 7.55. The van der Waals surface area contributed by atoms with Crippen LogP contribution >= 0.6 is 0 Å². The fourth-order valence-electron chi connectivity index (χ4n) is 2.72. The molecule has 0 aliphatic carbocycles. The van der Waals surface area contributed by atoms with Gasteiger partial charge in [0.1, 0.15) is 11.9 Å². The van der Waals surface area contributed by atoms with Crippen LogP contribution in [0.1, 0.15) is 49.6 Å². The maximum absolute atomic E-state index is 9.56. The molecule has 0 spiro atoms. The average molecular weight is 288 g/mol. The summed E-state index contributed by atoms with van der Waals surface area (Å²) in [5, 5.41) is 12.8. The van der Waals surface area contributed by atoms with Crippen molar-refractivity contribution in [1.29, 1.82) is 5.26 Å². The molecule has 0 amide bonds. The number of nitrogens with zero attached hydrogens (tertiary/aromatic N) is 2. The van der Waals surface area contributed by atoms with Gasteiger partial charge in [0.25, 0.3) is 0 Å². The Morgan fingerprint density at radius 2 is 2.19 bits per heavy atom. The SMILES string of the molecule is CCCc1nc(NCCN)c(C#N)c2c1COC(C)(C)C2. The van der Waals surface area contributed by atoms with Crippen LogP contribution in [0.3, 0.4) is 0 Å². The van der Waals surface area contributed by atoms with Crippen molar-refractivity contribution < 1.29 is 4.74 Å². The Bertz CT molecular complexity index is 560. The zero-order valence-corrected chi connectivity index (χ0v) is 13.1. The van der Waals surface area contributed by atoms with E-state index in [2.05, 4.69) is 37.1 Å². The van der Waals surface area contributed by atoms with Crippen molar-refractivity contribution in [3.63, 3.8) is 0 Å². The van der Waals surface area contributed by atoms with Crippen LogP contribution in [0, 0.1) is 11.3 Å². The van der Waals surface area contributed by atoms with Gasteiger partial charge in [-0.3, -0.25) is 0 Å². The number of nitriles is 1. The molecule has 0 fully saturated rings. The van der Waals surface area contributed by atoms with Gasteiger partial charge in [-0.1, -0.05) is 13.3 Å². The lowest BCUT2D eigenvalue weighted by Crippen LogP contribution is -2.33. The molecular weight excluding hydrogens is 264 g/mol. The maximum Gasteiger partial charge on any atom is 0.144 e. The highest BCUT2D eigenvalue weighted by Crippen LogP contribution is 2.34. The van der Waals surface area contributed by atoms with Crippen molar-refractivity contribution in [2.24, 2.45) is 5.73 Å². The molecule has 5 heteroatoms. The maximum atomic E-state index is 9.56. The summed E-state index contributed by atoms with van der Waals surface area (Å²) in [5.74, 6) is 0.669. The second kappa shape index (κ2) is 6.42. The number of rotatable bonds is 5. The minimum absolute atomic E-state index is 0.241. The molecule has 21 heavy (non-hydrogen) atoms. The number of anilines is 1. The first-order valence-electron chi connectivity index (χ1n) is 7.55. The number of ether oxygens (including phenoxy) is 1. The van der Waals surface area contributed by atoms with Crippen LogP contribution in [-0.4, -0.2) is 23.7 Å². The van der Waals surface area contributed by atoms with Gasteiger partial charge in [0.15, 0.2) is 0 Å². The predicted molar refractivity (Wildman–Crippen MR) is 83.1 cm³/mol. The largest absolute Gasteiger partial charge is 0.370 e. The van der Waals surface area contributed by atoms with Crippen molar-refractivity contribution in [3.8, 4) is 6.07 Å². The molecule has 2 rings (SSSR count). The summed E-state index contributed by atoms with van der Waals surface area (Å²) in [6.45, 7) is 7.92. The molecule has 0 aromatic carbocycles. The Hall–Kier alpha value is -1.64. The molecule has 5 nitrogen and oxygen atoms in total. The standard InChI is InChI=1S/C16H24N4O/c1-4-5-14-13-10-21-16(2,3)8-11(13)12(9-18)15(20-14)19-7-6-17/h4-8,10,17H2,1-3H3,(H,19,20). The summed E-state index contributed by atoms with van der Waals surface area (Å²) < 4.78 is 5.91. The molecule has 0 radical (unpaired) electrons. The van der Waals surface area contributed by atoms with E-state index < -0.39 is 0 Å². The second-order valence-electron chi connectivity index (χ2n) is 6.04. The Kier molecular flexibility index (Phi) is 4.81. The van der Waals surface area contributed by atoms with Gasteiger partial charge in [0.05, 0.1) is 17.8 Å². The van der Waals surface area contributed by atoms with Gasteiger partial charge >= 0.3 is 0 Å². The number of aryl methyl sites for hydroxylation is 1. The smallest absolute Gasteiger partial charge is 0.144 e. The van der Waals surface area contributed by atoms with E-state index in [1.165, 1.54) is 0 Å². The third-order valence-electron chi connectivity index (χ3n) is 3.74. The van der Waals surface area contributed by atoms with Crippen LogP contribution in [0.5, 0.6) is 0 Å². The van der Waals surface area contributed by atoms with Crippen LogP contribution in [0.4, 0.5) is 5.82 Å². The van der Waals surface area contributed by atoms with E-state index in [-0.39, 0.29) is 5.60 Å². The molecule has 0 atom stereocenters. The van der Waals surface area contributed by atoms with E-state index in [9.17, 15) is 5.26 Å². The van der Waals surface area contributed by atoms with Crippen LogP contribution in [0.25, 0.3) is 0 Å². The summed E-state index contributed by atoms with van der Waals surface area (Å²) in [5.41, 5.74) is 9.19. The fraction of sp³-hybridized carbons (Fsp3) is 0.625. The van der Waals surface area contributed by atoms with E-state index in [0.29, 0.717) is 31.1 Å². The number of pyridine rings is 1. The number of fused-ring (bicyclic) bond motifs is 1. The third-order valence-corrected chi connectivity index (χ3v) is 3.74. The van der Waals surface area contributed by atoms with E-state index in [0.717, 1.165) is 36.1 Å². The van der Waals surface area contributed by atoms with E-state index in [1.807, 2.05) is 0 Å². The molecule has 1 aromatic heterocycles. The number of nitrogens with one attached hydrogen (secondary N) is 1. The Balaban J connectivity index is 2.54. The van der Waals surface area contributed by atoms with E-state index >= 15 is 0 Å². The summed E-state index contributed by atoms with van der Waals surface area (Å²) in [6, 6.07) is 2.32. The van der Waals surface area contributed by atoms with E-state index in [1.54, 1.807) is 0 Å². The van der Waals surface area contributed by atoms with Crippen molar-refractivity contribution >= 4 is 5.82 Å². The molecule has 0 bridgehead atoms. The summed E-state index contributed by atoms with van der Waals surface area (Å²) in [6.07, 6.45) is 2.65. The number of hydrogen-bond donors (Lipinski definition) is 2. The van der Waals surface area contributed by atoms with Crippen LogP contribution < -0.4 is 11.1 Å². The minimum atomic E-state index is -0.241. The zero-order chi connectivity index (χ0) is 15.5. The first kappa shape index (κ1) is 15.7. The Labute approximate surface area is 126 Å². The number of hydrogen-bond acceptors (Lipinski definition) is 5. The normalized spacial score (nSPS) is 16.1. The van der Waals surface area contributed by atoms with Gasteiger partial charge in [-0.05, 0) is 25.8 Å². The number of aromatic nitrogens is 1. The van der Waals surface area contributed by atoms with Crippen LogP contribution in [0.15, 0.2) is 0 Å². The van der Waals surface area contributed by atoms with Crippen molar-refractivity contribution in [1.82, 2.24) is 4.98 Å². The molecule has 1 aromatic rings. The summed E-state index contributed by atoms with van der Waals surface area (Å²) in [7, 11) is 0. The third kappa shape index (κ3) is 3.34. The topological polar surface area (TPSA) is 84.0 Å². The van der Waals surface area contributed by atoms with Gasteiger partial charge < -0.3 is 15.8 Å². The van der Waals surface area contributed by atoms with Crippen molar-refractivity contribution in [2.45, 2.75) is 52.2 Å². The molecule has 2 heterocycles. The zero-order valence-electron chi connectivity index (χ0n) is 13.1. The summed E-state index contributed by atoms with van der Waals surface area (Å²) in [4.78, 5) is 4.66. The molecule has 0 unspecified atom stereocenters.